The minimum Gasteiger partial charge on any atom is -0.497 e. The van der Waals surface area contributed by atoms with Gasteiger partial charge in [-0.05, 0) is 24.5 Å². The summed E-state index contributed by atoms with van der Waals surface area (Å²) in [7, 11) is -2.10. The summed E-state index contributed by atoms with van der Waals surface area (Å²) in [6.45, 7) is 6.30. The second-order valence-corrected chi connectivity index (χ2v) is 7.76. The van der Waals surface area contributed by atoms with Crippen molar-refractivity contribution in [3.05, 3.63) is 24.3 Å². The van der Waals surface area contributed by atoms with Crippen molar-refractivity contribution in [2.45, 2.75) is 27.2 Å². The molecule has 0 heterocycles. The molecule has 0 saturated carbocycles. The lowest BCUT2D eigenvalue weighted by molar-refractivity contribution is -0.123. The molecule has 0 saturated heterocycles. The van der Waals surface area contributed by atoms with Crippen molar-refractivity contribution in [1.82, 2.24) is 5.32 Å². The van der Waals surface area contributed by atoms with Crippen molar-refractivity contribution < 1.29 is 17.9 Å². The van der Waals surface area contributed by atoms with Crippen molar-refractivity contribution in [3.8, 4) is 5.75 Å². The Morgan fingerprint density at radius 2 is 1.96 bits per heavy atom. The van der Waals surface area contributed by atoms with Gasteiger partial charge in [-0.15, -0.1) is 0 Å². The summed E-state index contributed by atoms with van der Waals surface area (Å²) in [5, 5.41) is 2.77. The number of sulfonamides is 1. The van der Waals surface area contributed by atoms with E-state index in [1.54, 1.807) is 31.2 Å². The van der Waals surface area contributed by atoms with Crippen molar-refractivity contribution >= 4 is 21.6 Å². The maximum Gasteiger partial charge on any atom is 0.233 e. The van der Waals surface area contributed by atoms with Gasteiger partial charge in [0.1, 0.15) is 5.75 Å². The smallest absolute Gasteiger partial charge is 0.233 e. The van der Waals surface area contributed by atoms with E-state index in [1.807, 2.05) is 0 Å². The van der Waals surface area contributed by atoms with Crippen molar-refractivity contribution in [1.29, 1.82) is 0 Å². The Morgan fingerprint density at radius 1 is 1.26 bits per heavy atom. The number of hydrogen-bond donors (Lipinski definition) is 2. The first kappa shape index (κ1) is 19.3. The van der Waals surface area contributed by atoms with Crippen LogP contribution in [0.1, 0.15) is 27.2 Å². The number of carbonyl (C=O) groups excluding carboxylic acids is 1. The maximum atomic E-state index is 12.2. The first-order valence-electron chi connectivity index (χ1n) is 7.65. The van der Waals surface area contributed by atoms with E-state index in [4.69, 9.17) is 4.74 Å². The lowest BCUT2D eigenvalue weighted by atomic mass is 10.1. The zero-order valence-electron chi connectivity index (χ0n) is 14.1. The molecule has 1 aromatic carbocycles. The highest BCUT2D eigenvalue weighted by atomic mass is 32.2. The van der Waals surface area contributed by atoms with Gasteiger partial charge in [0.15, 0.2) is 0 Å². The SMILES string of the molecule is COc1cccc(NS(=O)(=O)CC(C)C(=O)NCCC(C)C)c1. The normalized spacial score (nSPS) is 12.7. The average Bonchev–Trinajstić information content (AvgIpc) is 2.45. The predicted octanol–water partition coefficient (Wildman–Crippen LogP) is 2.24. The van der Waals surface area contributed by atoms with Crippen LogP contribution in [0, 0.1) is 11.8 Å². The summed E-state index contributed by atoms with van der Waals surface area (Å²) in [4.78, 5) is 11.9. The molecule has 6 nitrogen and oxygen atoms in total. The summed E-state index contributed by atoms with van der Waals surface area (Å²) in [6.07, 6.45) is 0.868. The zero-order chi connectivity index (χ0) is 17.5. The molecule has 1 rings (SSSR count). The Balaban J connectivity index is 2.57. The number of hydrogen-bond acceptors (Lipinski definition) is 4. The van der Waals surface area contributed by atoms with E-state index in [0.29, 0.717) is 23.9 Å². The van der Waals surface area contributed by atoms with Crippen LogP contribution < -0.4 is 14.8 Å². The molecular formula is C16H26N2O4S. The molecule has 1 unspecified atom stereocenters. The van der Waals surface area contributed by atoms with Crippen molar-refractivity contribution in [2.24, 2.45) is 11.8 Å². The Bertz CT molecular complexity index is 614. The molecule has 0 aliphatic heterocycles. The Labute approximate surface area is 138 Å². The number of methoxy groups -OCH3 is 1. The van der Waals surface area contributed by atoms with E-state index in [-0.39, 0.29) is 11.7 Å². The summed E-state index contributed by atoms with van der Waals surface area (Å²) < 4.78 is 31.8. The number of anilines is 1. The third-order valence-corrected chi connectivity index (χ3v) is 4.77. The van der Waals surface area contributed by atoms with Crippen LogP contribution in [-0.4, -0.2) is 33.7 Å². The summed E-state index contributed by atoms with van der Waals surface area (Å²) in [5.74, 6) is -0.0850. The van der Waals surface area contributed by atoms with Gasteiger partial charge < -0.3 is 10.1 Å². The van der Waals surface area contributed by atoms with Gasteiger partial charge in [-0.25, -0.2) is 8.42 Å². The molecule has 1 aromatic rings. The quantitative estimate of drug-likeness (QED) is 0.721. The molecule has 23 heavy (non-hydrogen) atoms. The fraction of sp³-hybridized carbons (Fsp3) is 0.562. The molecule has 7 heteroatoms. The fourth-order valence-electron chi connectivity index (χ4n) is 1.97. The molecule has 2 N–H and O–H groups in total. The molecule has 0 bridgehead atoms. The van der Waals surface area contributed by atoms with Crippen LogP contribution in [0.2, 0.25) is 0 Å². The van der Waals surface area contributed by atoms with E-state index < -0.39 is 15.9 Å². The largest absolute Gasteiger partial charge is 0.497 e. The molecule has 1 amide bonds. The third-order valence-electron chi connectivity index (χ3n) is 3.28. The summed E-state index contributed by atoms with van der Waals surface area (Å²) in [5.41, 5.74) is 0.414. The van der Waals surface area contributed by atoms with Gasteiger partial charge in [-0.1, -0.05) is 26.8 Å². The molecule has 0 aliphatic rings. The number of benzene rings is 1. The number of amides is 1. The minimum absolute atomic E-state index is 0.248. The van der Waals surface area contributed by atoms with E-state index in [1.165, 1.54) is 7.11 Å². The fourth-order valence-corrected chi connectivity index (χ4v) is 3.35. The van der Waals surface area contributed by atoms with Gasteiger partial charge in [0.25, 0.3) is 0 Å². The minimum atomic E-state index is -3.61. The number of ether oxygens (including phenoxy) is 1. The number of carbonyl (C=O) groups is 1. The van der Waals surface area contributed by atoms with Crippen LogP contribution in [-0.2, 0) is 14.8 Å². The van der Waals surface area contributed by atoms with Gasteiger partial charge in [-0.2, -0.15) is 0 Å². The first-order chi connectivity index (χ1) is 10.7. The maximum absolute atomic E-state index is 12.2. The van der Waals surface area contributed by atoms with Crippen LogP contribution >= 0.6 is 0 Å². The third kappa shape index (κ3) is 7.36. The highest BCUT2D eigenvalue weighted by molar-refractivity contribution is 7.92. The second-order valence-electron chi connectivity index (χ2n) is 5.99. The average molecular weight is 342 g/mol. The lowest BCUT2D eigenvalue weighted by Crippen LogP contribution is -2.35. The van der Waals surface area contributed by atoms with Gasteiger partial charge in [0.05, 0.1) is 24.5 Å². The van der Waals surface area contributed by atoms with Crippen LogP contribution in [0.15, 0.2) is 24.3 Å². The monoisotopic (exact) mass is 342 g/mol. The lowest BCUT2D eigenvalue weighted by Gasteiger charge is -2.14. The standard InChI is InChI=1S/C16H26N2O4S/c1-12(2)8-9-17-16(19)13(3)11-23(20,21)18-14-6-5-7-15(10-14)22-4/h5-7,10,12-13,18H,8-9,11H2,1-4H3,(H,17,19). The van der Waals surface area contributed by atoms with Crippen LogP contribution in [0.25, 0.3) is 0 Å². The highest BCUT2D eigenvalue weighted by Gasteiger charge is 2.21. The van der Waals surface area contributed by atoms with Crippen LogP contribution in [0.5, 0.6) is 5.75 Å². The zero-order valence-corrected chi connectivity index (χ0v) is 14.9. The molecule has 0 spiro atoms. The van der Waals surface area contributed by atoms with Crippen LogP contribution in [0.4, 0.5) is 5.69 Å². The van der Waals surface area contributed by atoms with Crippen molar-refractivity contribution in [2.75, 3.05) is 24.1 Å². The first-order valence-corrected chi connectivity index (χ1v) is 9.31. The molecular weight excluding hydrogens is 316 g/mol. The summed E-state index contributed by atoms with van der Waals surface area (Å²) in [6, 6.07) is 6.64. The van der Waals surface area contributed by atoms with Gasteiger partial charge in [-0.3, -0.25) is 9.52 Å². The molecule has 0 aromatic heterocycles. The molecule has 1 atom stereocenters. The van der Waals surface area contributed by atoms with E-state index in [0.717, 1.165) is 6.42 Å². The van der Waals surface area contributed by atoms with Crippen molar-refractivity contribution in [3.63, 3.8) is 0 Å². The summed E-state index contributed by atoms with van der Waals surface area (Å²) >= 11 is 0. The Hall–Kier alpha value is -1.76. The topological polar surface area (TPSA) is 84.5 Å². The van der Waals surface area contributed by atoms with Gasteiger partial charge in [0.2, 0.25) is 15.9 Å². The highest BCUT2D eigenvalue weighted by Crippen LogP contribution is 2.18. The molecule has 0 radical (unpaired) electrons. The van der Waals surface area contributed by atoms with E-state index >= 15 is 0 Å². The van der Waals surface area contributed by atoms with Crippen LogP contribution in [0.3, 0.4) is 0 Å². The van der Waals surface area contributed by atoms with E-state index in [9.17, 15) is 13.2 Å². The Morgan fingerprint density at radius 3 is 2.57 bits per heavy atom. The van der Waals surface area contributed by atoms with Gasteiger partial charge in [0, 0.05) is 12.6 Å². The van der Waals surface area contributed by atoms with Gasteiger partial charge >= 0.3 is 0 Å². The second kappa shape index (κ2) is 8.76. The Kier molecular flexibility index (Phi) is 7.35. The molecule has 0 aliphatic carbocycles. The molecule has 130 valence electrons. The number of nitrogens with one attached hydrogen (secondary N) is 2. The number of rotatable bonds is 9. The molecule has 0 fully saturated rings. The van der Waals surface area contributed by atoms with E-state index in [2.05, 4.69) is 23.9 Å². The predicted molar refractivity (Wildman–Crippen MR) is 92.0 cm³/mol.